The molecule has 0 saturated heterocycles. The maximum Gasteiger partial charge on any atom is 0.335 e. The number of benzene rings is 2. The van der Waals surface area contributed by atoms with Gasteiger partial charge in [-0.1, -0.05) is 0 Å². The molecular weight excluding hydrogens is 294 g/mol. The van der Waals surface area contributed by atoms with Crippen molar-refractivity contribution in [1.82, 2.24) is 0 Å². The zero-order chi connectivity index (χ0) is 15.5. The summed E-state index contributed by atoms with van der Waals surface area (Å²) >= 11 is 0. The molecule has 0 aliphatic rings. The van der Waals surface area contributed by atoms with Crippen molar-refractivity contribution in [2.45, 2.75) is 4.90 Å². The van der Waals surface area contributed by atoms with Crippen LogP contribution in [0.4, 0.5) is 11.4 Å². The lowest BCUT2D eigenvalue weighted by Crippen LogP contribution is -2.11. The Balaban J connectivity index is 2.15. The molecule has 0 unspecified atom stereocenters. The molecule has 108 valence electrons. The fourth-order valence-corrected chi connectivity index (χ4v) is 2.00. The molecule has 0 bridgehead atoms. The second kappa shape index (κ2) is 5.81. The quantitative estimate of drug-likeness (QED) is 0.842. The summed E-state index contributed by atoms with van der Waals surface area (Å²) < 4.78 is 22.2. The van der Waals surface area contributed by atoms with E-state index >= 15 is 0 Å². The Hall–Kier alpha value is -2.58. The summed E-state index contributed by atoms with van der Waals surface area (Å²) in [4.78, 5) is 10.7. The molecule has 0 aliphatic carbocycles. The highest BCUT2D eigenvalue weighted by molar-refractivity contribution is 7.89. The number of rotatable bonds is 4. The third-order valence-corrected chi connectivity index (χ3v) is 3.49. The van der Waals surface area contributed by atoms with E-state index in [0.29, 0.717) is 11.4 Å². The van der Waals surface area contributed by atoms with E-state index in [0.717, 1.165) is 0 Å². The molecule has 2 rings (SSSR count). The number of carboxylic acids is 1. The molecule has 0 aliphatic heterocycles. The van der Waals surface area contributed by atoms with Crippen LogP contribution >= 0.6 is 0 Å². The maximum absolute atomic E-state index is 11.1. The number of carboxylic acid groups (broad SMARTS) is 1. The van der Waals surface area contributed by atoms with Crippen molar-refractivity contribution in [2.75, 3.05) is 0 Å². The first-order chi connectivity index (χ1) is 9.86. The number of azo groups is 1. The highest BCUT2D eigenvalue weighted by Gasteiger charge is 2.06. The topological polar surface area (TPSA) is 122 Å². The molecule has 0 aromatic heterocycles. The van der Waals surface area contributed by atoms with Gasteiger partial charge in [0.15, 0.2) is 0 Å². The number of hydrogen-bond acceptors (Lipinski definition) is 5. The van der Waals surface area contributed by atoms with Crippen molar-refractivity contribution in [2.24, 2.45) is 15.4 Å². The van der Waals surface area contributed by atoms with E-state index in [1.54, 1.807) is 0 Å². The molecule has 3 N–H and O–H groups in total. The molecule has 0 fully saturated rings. The summed E-state index contributed by atoms with van der Waals surface area (Å²) in [6.45, 7) is 0. The minimum absolute atomic E-state index is 0.00717. The van der Waals surface area contributed by atoms with E-state index in [1.165, 1.54) is 48.5 Å². The van der Waals surface area contributed by atoms with Crippen LogP contribution in [0.2, 0.25) is 0 Å². The van der Waals surface area contributed by atoms with Gasteiger partial charge in [-0.3, -0.25) is 0 Å². The Morgan fingerprint density at radius 1 is 0.905 bits per heavy atom. The van der Waals surface area contributed by atoms with Gasteiger partial charge in [-0.15, -0.1) is 0 Å². The molecule has 7 nitrogen and oxygen atoms in total. The predicted octanol–water partition coefficient (Wildman–Crippen LogP) is 2.45. The largest absolute Gasteiger partial charge is 0.478 e. The normalized spacial score (nSPS) is 11.7. The minimum Gasteiger partial charge on any atom is -0.478 e. The van der Waals surface area contributed by atoms with Gasteiger partial charge in [0.2, 0.25) is 10.0 Å². The Kier molecular flexibility index (Phi) is 4.10. The van der Waals surface area contributed by atoms with Crippen LogP contribution < -0.4 is 5.14 Å². The monoisotopic (exact) mass is 305 g/mol. The molecular formula is C13H11N3O4S. The average molecular weight is 305 g/mol. The van der Waals surface area contributed by atoms with Crippen LogP contribution in [0.15, 0.2) is 63.7 Å². The number of nitrogens with zero attached hydrogens (tertiary/aromatic N) is 2. The van der Waals surface area contributed by atoms with Crippen LogP contribution in [0.25, 0.3) is 0 Å². The van der Waals surface area contributed by atoms with Gasteiger partial charge in [0.1, 0.15) is 0 Å². The highest BCUT2D eigenvalue weighted by atomic mass is 32.2. The summed E-state index contributed by atoms with van der Waals surface area (Å²) in [5, 5.41) is 21.6. The smallest absolute Gasteiger partial charge is 0.335 e. The fraction of sp³-hybridized carbons (Fsp3) is 0. The Morgan fingerprint density at radius 2 is 1.33 bits per heavy atom. The summed E-state index contributed by atoms with van der Waals surface area (Å²) in [5.41, 5.74) is 1.09. The van der Waals surface area contributed by atoms with Crippen molar-refractivity contribution in [3.63, 3.8) is 0 Å². The van der Waals surface area contributed by atoms with Crippen LogP contribution in [-0.2, 0) is 10.0 Å². The van der Waals surface area contributed by atoms with E-state index in [2.05, 4.69) is 10.2 Å². The van der Waals surface area contributed by atoms with Crippen LogP contribution in [0.3, 0.4) is 0 Å². The number of nitrogens with two attached hydrogens (primary N) is 1. The summed E-state index contributed by atoms with van der Waals surface area (Å²) in [7, 11) is -3.73. The molecule has 2 aromatic rings. The molecule has 0 atom stereocenters. The zero-order valence-corrected chi connectivity index (χ0v) is 11.5. The molecule has 0 amide bonds. The Bertz CT molecular complexity index is 781. The first-order valence-electron chi connectivity index (χ1n) is 5.74. The lowest BCUT2D eigenvalue weighted by atomic mass is 10.2. The van der Waals surface area contributed by atoms with Crippen LogP contribution in [0.1, 0.15) is 10.4 Å². The molecule has 0 spiro atoms. The molecule has 0 saturated carbocycles. The first kappa shape index (κ1) is 14.8. The molecule has 21 heavy (non-hydrogen) atoms. The van der Waals surface area contributed by atoms with E-state index in [9.17, 15) is 13.2 Å². The van der Waals surface area contributed by atoms with Gasteiger partial charge in [-0.2, -0.15) is 10.2 Å². The molecule has 2 aromatic carbocycles. The molecule has 0 radical (unpaired) electrons. The third kappa shape index (κ3) is 3.94. The number of hydrogen-bond donors (Lipinski definition) is 2. The summed E-state index contributed by atoms with van der Waals surface area (Å²) in [6, 6.07) is 11.5. The van der Waals surface area contributed by atoms with Crippen molar-refractivity contribution < 1.29 is 18.3 Å². The summed E-state index contributed by atoms with van der Waals surface area (Å²) in [5.74, 6) is -1.02. The second-order valence-corrected chi connectivity index (χ2v) is 5.65. The van der Waals surface area contributed by atoms with E-state index in [4.69, 9.17) is 10.2 Å². The zero-order valence-electron chi connectivity index (χ0n) is 10.7. The van der Waals surface area contributed by atoms with Gasteiger partial charge < -0.3 is 5.11 Å². The van der Waals surface area contributed by atoms with Crippen molar-refractivity contribution >= 4 is 27.4 Å². The number of primary sulfonamides is 1. The van der Waals surface area contributed by atoms with Gasteiger partial charge >= 0.3 is 5.97 Å². The van der Waals surface area contributed by atoms with Gasteiger partial charge in [-0.25, -0.2) is 18.4 Å². The van der Waals surface area contributed by atoms with Gasteiger partial charge in [0.05, 0.1) is 21.8 Å². The van der Waals surface area contributed by atoms with Gasteiger partial charge in [-0.05, 0) is 48.5 Å². The van der Waals surface area contributed by atoms with Crippen molar-refractivity contribution in [1.29, 1.82) is 0 Å². The maximum atomic E-state index is 11.1. The van der Waals surface area contributed by atoms with E-state index in [1.807, 2.05) is 0 Å². The van der Waals surface area contributed by atoms with Crippen LogP contribution in [0, 0.1) is 0 Å². The lowest BCUT2D eigenvalue weighted by molar-refractivity contribution is 0.0697. The van der Waals surface area contributed by atoms with E-state index < -0.39 is 16.0 Å². The predicted molar refractivity (Wildman–Crippen MR) is 75.4 cm³/mol. The SMILES string of the molecule is NS(=O)(=O)c1ccc(N=Nc2ccc(C(=O)O)cc2)cc1. The van der Waals surface area contributed by atoms with E-state index in [-0.39, 0.29) is 10.5 Å². The number of sulfonamides is 1. The first-order valence-corrected chi connectivity index (χ1v) is 7.29. The van der Waals surface area contributed by atoms with Crippen LogP contribution in [-0.4, -0.2) is 19.5 Å². The third-order valence-electron chi connectivity index (χ3n) is 2.56. The number of carbonyl (C=O) groups is 1. The van der Waals surface area contributed by atoms with Crippen LogP contribution in [0.5, 0.6) is 0 Å². The summed E-state index contributed by atoms with van der Waals surface area (Å²) in [6.07, 6.45) is 0. The Labute approximate surface area is 120 Å². The lowest BCUT2D eigenvalue weighted by Gasteiger charge is -1.98. The fourth-order valence-electron chi connectivity index (χ4n) is 1.49. The van der Waals surface area contributed by atoms with Crippen molar-refractivity contribution in [3.8, 4) is 0 Å². The number of aromatic carboxylic acids is 1. The van der Waals surface area contributed by atoms with Gasteiger partial charge in [0, 0.05) is 0 Å². The standard InChI is InChI=1S/C13H11N3O4S/c14-21(19,20)12-7-5-11(6-8-12)16-15-10-3-1-9(2-4-10)13(17)18/h1-8H,(H,17,18)(H2,14,19,20). The van der Waals surface area contributed by atoms with Gasteiger partial charge in [0.25, 0.3) is 0 Å². The highest BCUT2D eigenvalue weighted by Crippen LogP contribution is 2.20. The Morgan fingerprint density at radius 3 is 1.71 bits per heavy atom. The molecule has 8 heteroatoms. The average Bonchev–Trinajstić information content (AvgIpc) is 2.45. The van der Waals surface area contributed by atoms with Crippen molar-refractivity contribution in [3.05, 3.63) is 54.1 Å². The minimum atomic E-state index is -3.73. The molecule has 0 heterocycles. The second-order valence-electron chi connectivity index (χ2n) is 4.09.